The zero-order valence-corrected chi connectivity index (χ0v) is 18.2. The third-order valence-electron chi connectivity index (χ3n) is 3.61. The summed E-state index contributed by atoms with van der Waals surface area (Å²) in [4.78, 5) is 10.8. The topological polar surface area (TPSA) is 82.7 Å². The maximum Gasteiger partial charge on any atom is 0.191 e. The molecule has 8 nitrogen and oxygen atoms in total. The Bertz CT molecular complexity index is 857. The van der Waals surface area contributed by atoms with Gasteiger partial charge in [0, 0.05) is 45.7 Å². The maximum atomic E-state index is 4.55. The fourth-order valence-electron chi connectivity index (χ4n) is 2.33. The van der Waals surface area contributed by atoms with E-state index in [0.717, 1.165) is 41.2 Å². The summed E-state index contributed by atoms with van der Waals surface area (Å²) >= 11 is 1.63. The Morgan fingerprint density at radius 1 is 1.27 bits per heavy atom. The number of pyridine rings is 1. The molecule has 0 aliphatic rings. The van der Waals surface area contributed by atoms with Crippen LogP contribution in [0, 0.1) is 0 Å². The summed E-state index contributed by atoms with van der Waals surface area (Å²) in [6, 6.07) is 5.88. The molecule has 2 N–H and O–H groups in total. The summed E-state index contributed by atoms with van der Waals surface area (Å²) in [6.45, 7) is 1.35. The van der Waals surface area contributed by atoms with Crippen LogP contribution >= 0.6 is 35.3 Å². The monoisotopic (exact) mass is 486 g/mol. The first-order valence-electron chi connectivity index (χ1n) is 8.02. The largest absolute Gasteiger partial charge is 0.356 e. The number of thiazole rings is 1. The summed E-state index contributed by atoms with van der Waals surface area (Å²) in [5.41, 5.74) is 1.86. The number of anilines is 1. The second-order valence-electron chi connectivity index (χ2n) is 5.66. The summed E-state index contributed by atoms with van der Waals surface area (Å²) in [6.07, 6.45) is 2.73. The molecule has 0 fully saturated rings. The molecule has 0 spiro atoms. The number of halogens is 1. The molecular formula is C16H23IN8S. The molecule has 0 atom stereocenters. The molecule has 0 aliphatic heterocycles. The Labute approximate surface area is 173 Å². The van der Waals surface area contributed by atoms with Gasteiger partial charge in [-0.3, -0.25) is 9.39 Å². The first-order chi connectivity index (χ1) is 12.2. The van der Waals surface area contributed by atoms with Gasteiger partial charge in [0.05, 0.1) is 12.2 Å². The van der Waals surface area contributed by atoms with E-state index in [4.69, 9.17) is 0 Å². The molecule has 0 radical (unpaired) electrons. The molecule has 0 amide bonds. The SMILES string of the molecule is CN=C(NCCc1nnc2ccccn12)NCc1csc(N(C)C)n1.I. The molecule has 3 aromatic rings. The van der Waals surface area contributed by atoms with Gasteiger partial charge in [-0.2, -0.15) is 0 Å². The van der Waals surface area contributed by atoms with E-state index in [2.05, 4.69) is 36.2 Å². The van der Waals surface area contributed by atoms with Gasteiger partial charge in [0.15, 0.2) is 16.7 Å². The number of nitrogens with one attached hydrogen (secondary N) is 2. The van der Waals surface area contributed by atoms with Crippen LogP contribution in [0.1, 0.15) is 11.5 Å². The van der Waals surface area contributed by atoms with Gasteiger partial charge < -0.3 is 15.5 Å². The maximum absolute atomic E-state index is 4.55. The lowest BCUT2D eigenvalue weighted by Gasteiger charge is -2.10. The Balaban J connectivity index is 0.00000243. The van der Waals surface area contributed by atoms with Crippen LogP contribution in [0.25, 0.3) is 5.65 Å². The van der Waals surface area contributed by atoms with Crippen LogP contribution in [-0.2, 0) is 13.0 Å². The van der Waals surface area contributed by atoms with E-state index in [1.165, 1.54) is 0 Å². The lowest BCUT2D eigenvalue weighted by molar-refractivity contribution is 0.756. The quantitative estimate of drug-likeness (QED) is 0.314. The second-order valence-corrected chi connectivity index (χ2v) is 6.50. The summed E-state index contributed by atoms with van der Waals surface area (Å²) in [7, 11) is 5.74. The Hall–Kier alpha value is -1.95. The number of hydrogen-bond donors (Lipinski definition) is 2. The van der Waals surface area contributed by atoms with Gasteiger partial charge in [0.1, 0.15) is 5.82 Å². The van der Waals surface area contributed by atoms with Crippen LogP contribution in [0.5, 0.6) is 0 Å². The second kappa shape index (κ2) is 9.67. The van der Waals surface area contributed by atoms with Gasteiger partial charge in [0.2, 0.25) is 0 Å². The van der Waals surface area contributed by atoms with Gasteiger partial charge in [0.25, 0.3) is 0 Å². The predicted octanol–water partition coefficient (Wildman–Crippen LogP) is 1.78. The van der Waals surface area contributed by atoms with Crippen molar-refractivity contribution in [3.05, 3.63) is 41.3 Å². The molecule has 0 unspecified atom stereocenters. The Kier molecular flexibility index (Phi) is 7.57. The lowest BCUT2D eigenvalue weighted by Crippen LogP contribution is -2.38. The standard InChI is InChI=1S/C16H22N8S.HI/c1-17-15(19-10-12-11-25-16(20-12)23(2)3)18-8-7-14-22-21-13-6-4-5-9-24(13)14;/h4-6,9,11H,7-8,10H2,1-3H3,(H2,17,18,19);1H. The lowest BCUT2D eigenvalue weighted by atomic mass is 10.4. The van der Waals surface area contributed by atoms with Crippen molar-refractivity contribution in [2.24, 2.45) is 4.99 Å². The van der Waals surface area contributed by atoms with E-state index in [0.29, 0.717) is 6.54 Å². The fraction of sp³-hybridized carbons (Fsp3) is 0.375. The van der Waals surface area contributed by atoms with Gasteiger partial charge in [-0.1, -0.05) is 6.07 Å². The predicted molar refractivity (Wildman–Crippen MR) is 117 cm³/mol. The summed E-state index contributed by atoms with van der Waals surface area (Å²) in [5.74, 6) is 1.67. The zero-order chi connectivity index (χ0) is 17.6. The molecule has 0 aromatic carbocycles. The molecule has 10 heteroatoms. The van der Waals surface area contributed by atoms with Crippen molar-refractivity contribution in [1.82, 2.24) is 30.2 Å². The van der Waals surface area contributed by atoms with Crippen molar-refractivity contribution in [2.45, 2.75) is 13.0 Å². The Morgan fingerprint density at radius 2 is 2.12 bits per heavy atom. The van der Waals surface area contributed by atoms with Gasteiger partial charge >= 0.3 is 0 Å². The normalized spacial score (nSPS) is 11.3. The van der Waals surface area contributed by atoms with Crippen LogP contribution in [0.15, 0.2) is 34.8 Å². The molecule has 3 aromatic heterocycles. The molecule has 140 valence electrons. The third kappa shape index (κ3) is 5.04. The third-order valence-corrected chi connectivity index (χ3v) is 4.67. The van der Waals surface area contributed by atoms with Crippen molar-refractivity contribution in [3.63, 3.8) is 0 Å². The van der Waals surface area contributed by atoms with Crippen LogP contribution in [0.4, 0.5) is 5.13 Å². The first-order valence-corrected chi connectivity index (χ1v) is 8.90. The number of guanidine groups is 1. The minimum atomic E-state index is 0. The van der Waals surface area contributed by atoms with Gasteiger partial charge in [-0.25, -0.2) is 4.98 Å². The first kappa shape index (κ1) is 20.4. The molecule has 0 aliphatic carbocycles. The molecule has 0 saturated carbocycles. The minimum Gasteiger partial charge on any atom is -0.356 e. The number of aliphatic imine (C=N–C) groups is 1. The van der Waals surface area contributed by atoms with E-state index in [9.17, 15) is 0 Å². The number of fused-ring (bicyclic) bond motifs is 1. The summed E-state index contributed by atoms with van der Waals surface area (Å²) in [5, 5.41) is 18.0. The average Bonchev–Trinajstić information content (AvgIpc) is 3.25. The number of hydrogen-bond acceptors (Lipinski definition) is 6. The molecule has 3 rings (SSSR count). The fourth-order valence-corrected chi connectivity index (χ4v) is 3.09. The van der Waals surface area contributed by atoms with Crippen LogP contribution in [0.2, 0.25) is 0 Å². The number of nitrogens with zero attached hydrogens (tertiary/aromatic N) is 6. The molecule has 26 heavy (non-hydrogen) atoms. The van der Waals surface area contributed by atoms with E-state index >= 15 is 0 Å². The van der Waals surface area contributed by atoms with Crippen LogP contribution in [-0.4, -0.2) is 53.2 Å². The Morgan fingerprint density at radius 3 is 2.85 bits per heavy atom. The van der Waals surface area contributed by atoms with Crippen LogP contribution < -0.4 is 15.5 Å². The highest BCUT2D eigenvalue weighted by atomic mass is 127. The van der Waals surface area contributed by atoms with Crippen LogP contribution in [0.3, 0.4) is 0 Å². The average molecular weight is 486 g/mol. The van der Waals surface area contributed by atoms with Crippen molar-refractivity contribution >= 4 is 52.1 Å². The number of rotatable bonds is 6. The van der Waals surface area contributed by atoms with Gasteiger partial charge in [-0.15, -0.1) is 45.5 Å². The highest BCUT2D eigenvalue weighted by Crippen LogP contribution is 2.17. The molecule has 0 bridgehead atoms. The van der Waals surface area contributed by atoms with Gasteiger partial charge in [-0.05, 0) is 12.1 Å². The summed E-state index contributed by atoms with van der Waals surface area (Å²) < 4.78 is 2.00. The zero-order valence-electron chi connectivity index (χ0n) is 15.0. The van der Waals surface area contributed by atoms with Crippen molar-refractivity contribution < 1.29 is 0 Å². The van der Waals surface area contributed by atoms with Crippen molar-refractivity contribution in [1.29, 1.82) is 0 Å². The molecular weight excluding hydrogens is 463 g/mol. The highest BCUT2D eigenvalue weighted by molar-refractivity contribution is 14.0. The smallest absolute Gasteiger partial charge is 0.191 e. The molecule has 3 heterocycles. The minimum absolute atomic E-state index is 0. The van der Waals surface area contributed by atoms with E-state index in [1.807, 2.05) is 47.8 Å². The highest BCUT2D eigenvalue weighted by Gasteiger charge is 2.06. The van der Waals surface area contributed by atoms with E-state index in [1.54, 1.807) is 18.4 Å². The molecule has 0 saturated heterocycles. The van der Waals surface area contributed by atoms with Crippen molar-refractivity contribution in [2.75, 3.05) is 32.6 Å². The van der Waals surface area contributed by atoms with E-state index in [-0.39, 0.29) is 24.0 Å². The van der Waals surface area contributed by atoms with Crippen molar-refractivity contribution in [3.8, 4) is 0 Å². The number of aromatic nitrogens is 4. The van der Waals surface area contributed by atoms with E-state index < -0.39 is 0 Å².